The highest BCUT2D eigenvalue weighted by Gasteiger charge is 2.44. The number of hydrogen-bond donors (Lipinski definition) is 2. The summed E-state index contributed by atoms with van der Waals surface area (Å²) in [5.41, 5.74) is 0.806. The van der Waals surface area contributed by atoms with Gasteiger partial charge in [0.25, 0.3) is 11.8 Å². The fraction of sp³-hybridized carbons (Fsp3) is 0.294. The van der Waals surface area contributed by atoms with E-state index in [2.05, 4.69) is 15.7 Å². The van der Waals surface area contributed by atoms with Crippen molar-refractivity contribution in [1.82, 2.24) is 20.4 Å². The van der Waals surface area contributed by atoms with Gasteiger partial charge in [-0.2, -0.15) is 18.3 Å². The molecule has 1 aliphatic rings. The predicted molar refractivity (Wildman–Crippen MR) is 166 cm³/mol. The van der Waals surface area contributed by atoms with Crippen molar-refractivity contribution in [2.75, 3.05) is 11.4 Å². The Morgan fingerprint density at radius 1 is 0.957 bits per heavy atom. The molecule has 0 aliphatic carbocycles. The predicted octanol–water partition coefficient (Wildman–Crippen LogP) is 6.21. The number of carbonyl (C=O) groups excluding carboxylic acids is 3. The van der Waals surface area contributed by atoms with Gasteiger partial charge in [0.1, 0.15) is 17.5 Å². The SMILES string of the molecule is CCN1C(=O)[C@@H](NC(=O)c2cccc(C(F)(F)F)c2)[C@H](c2cccc(CNC(=O)OC(C)(C)C)c2)c2cnn(-c3ccccc3)c21. The van der Waals surface area contributed by atoms with Gasteiger partial charge in [-0.1, -0.05) is 48.5 Å². The van der Waals surface area contributed by atoms with Crippen LogP contribution in [-0.4, -0.2) is 45.9 Å². The number of alkyl carbamates (subject to hydrolysis) is 1. The van der Waals surface area contributed by atoms with Gasteiger partial charge in [0, 0.05) is 30.1 Å². The topological polar surface area (TPSA) is 106 Å². The molecule has 0 saturated carbocycles. The van der Waals surface area contributed by atoms with Crippen LogP contribution in [0.15, 0.2) is 85.1 Å². The molecule has 2 N–H and O–H groups in total. The van der Waals surface area contributed by atoms with Gasteiger partial charge in [-0.05, 0) is 69.2 Å². The number of fused-ring (bicyclic) bond motifs is 1. The van der Waals surface area contributed by atoms with E-state index in [1.165, 1.54) is 11.0 Å². The first-order chi connectivity index (χ1) is 21.8. The standard InChI is InChI=1S/C34H34F3N5O4/c1-5-41-30-26(20-39-42(30)25-15-7-6-8-16-25)27(22-12-9-11-21(17-22)19-38-32(45)46-33(2,3)4)28(31(41)44)40-29(43)23-13-10-14-24(18-23)34(35,36)37/h6-18,20,27-28H,5,19H2,1-4H3,(H,38,45)(H,40,43)/t27-,28+/m1/s1. The first-order valence-corrected chi connectivity index (χ1v) is 14.8. The molecule has 0 unspecified atom stereocenters. The fourth-order valence-electron chi connectivity index (χ4n) is 5.47. The van der Waals surface area contributed by atoms with Gasteiger partial charge in [-0.25, -0.2) is 9.48 Å². The van der Waals surface area contributed by atoms with Crippen LogP contribution >= 0.6 is 0 Å². The lowest BCUT2D eigenvalue weighted by Gasteiger charge is -2.38. The van der Waals surface area contributed by atoms with E-state index in [0.717, 1.165) is 23.9 Å². The molecule has 0 spiro atoms. The Hall–Kier alpha value is -5.13. The highest BCUT2D eigenvalue weighted by Crippen LogP contribution is 2.41. The highest BCUT2D eigenvalue weighted by atomic mass is 19.4. The van der Waals surface area contributed by atoms with Crippen molar-refractivity contribution < 1.29 is 32.3 Å². The van der Waals surface area contributed by atoms with Gasteiger partial charge < -0.3 is 15.4 Å². The smallest absolute Gasteiger partial charge is 0.416 e. The van der Waals surface area contributed by atoms with E-state index < -0.39 is 47.2 Å². The van der Waals surface area contributed by atoms with Crippen molar-refractivity contribution in [3.8, 4) is 5.69 Å². The van der Waals surface area contributed by atoms with Gasteiger partial charge in [0.2, 0.25) is 0 Å². The van der Waals surface area contributed by atoms with Gasteiger partial charge in [-0.15, -0.1) is 0 Å². The zero-order valence-electron chi connectivity index (χ0n) is 25.8. The monoisotopic (exact) mass is 633 g/mol. The minimum absolute atomic E-state index is 0.127. The molecule has 240 valence electrons. The number of halogens is 3. The van der Waals surface area contributed by atoms with Crippen molar-refractivity contribution in [2.45, 2.75) is 58.0 Å². The average Bonchev–Trinajstić information content (AvgIpc) is 3.44. The number of anilines is 1. The van der Waals surface area contributed by atoms with Crippen LogP contribution < -0.4 is 15.5 Å². The maximum absolute atomic E-state index is 14.2. The molecule has 0 radical (unpaired) electrons. The maximum atomic E-state index is 14.2. The number of hydrogen-bond acceptors (Lipinski definition) is 5. The molecule has 1 aromatic heterocycles. The summed E-state index contributed by atoms with van der Waals surface area (Å²) >= 11 is 0. The molecule has 5 rings (SSSR count). The number of alkyl halides is 3. The summed E-state index contributed by atoms with van der Waals surface area (Å²) in [6, 6.07) is 19.3. The number of ether oxygens (including phenoxy) is 1. The molecule has 12 heteroatoms. The highest BCUT2D eigenvalue weighted by molar-refractivity contribution is 6.05. The summed E-state index contributed by atoms with van der Waals surface area (Å²) in [4.78, 5) is 41.5. The van der Waals surface area contributed by atoms with Crippen LogP contribution in [0.2, 0.25) is 0 Å². The molecule has 9 nitrogen and oxygen atoms in total. The Morgan fingerprint density at radius 3 is 2.35 bits per heavy atom. The zero-order valence-corrected chi connectivity index (χ0v) is 25.8. The fourth-order valence-corrected chi connectivity index (χ4v) is 5.47. The molecular formula is C34H34F3N5O4. The molecule has 46 heavy (non-hydrogen) atoms. The van der Waals surface area contributed by atoms with Crippen LogP contribution in [0.1, 0.15) is 66.2 Å². The minimum Gasteiger partial charge on any atom is -0.444 e. The largest absolute Gasteiger partial charge is 0.444 e. The van der Waals surface area contributed by atoms with Crippen molar-refractivity contribution in [3.63, 3.8) is 0 Å². The Kier molecular flexibility index (Phi) is 8.91. The first-order valence-electron chi connectivity index (χ1n) is 14.8. The van der Waals surface area contributed by atoms with Crippen molar-refractivity contribution >= 4 is 23.7 Å². The molecule has 0 fully saturated rings. The second-order valence-electron chi connectivity index (χ2n) is 11.9. The second-order valence-corrected chi connectivity index (χ2v) is 11.9. The summed E-state index contributed by atoms with van der Waals surface area (Å²) in [5, 5.41) is 10.1. The van der Waals surface area contributed by atoms with Crippen molar-refractivity contribution in [2.24, 2.45) is 0 Å². The quantitative estimate of drug-likeness (QED) is 0.252. The van der Waals surface area contributed by atoms with Crippen molar-refractivity contribution in [3.05, 3.63) is 113 Å². The van der Waals surface area contributed by atoms with Gasteiger partial charge in [0.05, 0.1) is 17.4 Å². The Labute approximate surface area is 264 Å². The van der Waals surface area contributed by atoms with E-state index in [1.807, 2.05) is 36.4 Å². The van der Waals surface area contributed by atoms with Gasteiger partial charge in [0.15, 0.2) is 0 Å². The molecule has 1 aliphatic heterocycles. The molecule has 2 atom stereocenters. The number of nitrogens with zero attached hydrogens (tertiary/aromatic N) is 3. The summed E-state index contributed by atoms with van der Waals surface area (Å²) in [5.74, 6) is -1.52. The summed E-state index contributed by atoms with van der Waals surface area (Å²) in [7, 11) is 0. The van der Waals surface area contributed by atoms with E-state index >= 15 is 0 Å². The van der Waals surface area contributed by atoms with Crippen LogP contribution in [0.3, 0.4) is 0 Å². The average molecular weight is 634 g/mol. The first kappa shape index (κ1) is 32.3. The normalized spacial score (nSPS) is 16.5. The maximum Gasteiger partial charge on any atom is 0.416 e. The molecule has 2 heterocycles. The number of amides is 3. The number of carbonyl (C=O) groups is 3. The number of aromatic nitrogens is 2. The summed E-state index contributed by atoms with van der Waals surface area (Å²) in [6.45, 7) is 7.43. The van der Waals surface area contributed by atoms with Crippen LogP contribution in [0.5, 0.6) is 0 Å². The van der Waals surface area contributed by atoms with E-state index in [0.29, 0.717) is 22.5 Å². The molecular weight excluding hydrogens is 599 g/mol. The number of rotatable bonds is 7. The molecule has 0 saturated heterocycles. The third-order valence-corrected chi connectivity index (χ3v) is 7.43. The van der Waals surface area contributed by atoms with Gasteiger partial charge >= 0.3 is 12.3 Å². The van der Waals surface area contributed by atoms with E-state index in [-0.39, 0.29) is 18.7 Å². The van der Waals surface area contributed by atoms with Gasteiger partial charge in [-0.3, -0.25) is 14.5 Å². The lowest BCUT2D eigenvalue weighted by Crippen LogP contribution is -2.55. The second kappa shape index (κ2) is 12.7. The minimum atomic E-state index is -4.65. The zero-order chi connectivity index (χ0) is 33.2. The summed E-state index contributed by atoms with van der Waals surface area (Å²) < 4.78 is 47.3. The van der Waals surface area contributed by atoms with Crippen molar-refractivity contribution in [1.29, 1.82) is 0 Å². The number of likely N-dealkylation sites (N-methyl/N-ethyl adjacent to an activating group) is 1. The lowest BCUT2D eigenvalue weighted by molar-refractivity contribution is -0.137. The van der Waals surface area contributed by atoms with E-state index in [9.17, 15) is 27.6 Å². The van der Waals surface area contributed by atoms with Crippen LogP contribution in [0, 0.1) is 0 Å². The molecule has 3 amide bonds. The molecule has 4 aromatic rings. The van der Waals surface area contributed by atoms with E-state index in [4.69, 9.17) is 4.74 Å². The van der Waals surface area contributed by atoms with Crippen LogP contribution in [-0.2, 0) is 22.3 Å². The number of benzene rings is 3. The molecule has 0 bridgehead atoms. The number of nitrogens with one attached hydrogen (secondary N) is 2. The lowest BCUT2D eigenvalue weighted by atomic mass is 9.81. The van der Waals surface area contributed by atoms with Crippen LogP contribution in [0.4, 0.5) is 23.8 Å². The van der Waals surface area contributed by atoms with E-state index in [1.54, 1.807) is 56.8 Å². The summed E-state index contributed by atoms with van der Waals surface area (Å²) in [6.07, 6.45) is -3.60. The Balaban J connectivity index is 1.56. The van der Waals surface area contributed by atoms with Crippen LogP contribution in [0.25, 0.3) is 5.69 Å². The Bertz CT molecular complexity index is 1750. The third-order valence-electron chi connectivity index (χ3n) is 7.43. The molecule has 3 aromatic carbocycles. The third kappa shape index (κ3) is 6.90. The Morgan fingerprint density at radius 2 is 1.67 bits per heavy atom. The number of para-hydroxylation sites is 1.